The van der Waals surface area contributed by atoms with Crippen molar-refractivity contribution in [3.8, 4) is 0 Å². The molecule has 0 saturated heterocycles. The summed E-state index contributed by atoms with van der Waals surface area (Å²) in [5.74, 6) is -0.432. The first-order chi connectivity index (χ1) is 5.02. The number of carbonyl (C=O) groups is 1. The Morgan fingerprint density at radius 2 is 2.27 bits per heavy atom. The zero-order valence-electron chi connectivity index (χ0n) is 6.76. The molecule has 0 rings (SSSR count). The highest BCUT2D eigenvalue weighted by atomic mass is 19.1. The first-order valence-electron chi connectivity index (χ1n) is 3.46. The van der Waals surface area contributed by atoms with Gasteiger partial charge in [-0.25, -0.2) is 4.39 Å². The maximum Gasteiger partial charge on any atom is 0.305 e. The van der Waals surface area contributed by atoms with E-state index in [9.17, 15) is 9.18 Å². The van der Waals surface area contributed by atoms with E-state index < -0.39 is 18.2 Å². The highest BCUT2D eigenvalue weighted by molar-refractivity contribution is 5.68. The fraction of sp³-hybridized carbons (Fsp3) is 0.857. The molecule has 4 heteroatoms. The number of ether oxygens (including phenoxy) is 1. The Hall–Kier alpha value is -0.640. The molecule has 0 aliphatic heterocycles. The minimum atomic E-state index is -1.54. The van der Waals surface area contributed by atoms with E-state index in [1.165, 1.54) is 6.92 Å². The number of carbonyl (C=O) groups excluding carboxylic acids is 1. The van der Waals surface area contributed by atoms with Gasteiger partial charge in [0.2, 0.25) is 0 Å². The van der Waals surface area contributed by atoms with Crippen LogP contribution >= 0.6 is 0 Å². The highest BCUT2D eigenvalue weighted by Gasteiger charge is 2.21. The molecule has 1 unspecified atom stereocenters. The predicted octanol–water partition coefficient (Wildman–Crippen LogP) is 0.660. The second kappa shape index (κ2) is 4.28. The minimum Gasteiger partial charge on any atom is -0.463 e. The summed E-state index contributed by atoms with van der Waals surface area (Å²) in [5.41, 5.74) is -1.54. The van der Waals surface area contributed by atoms with Gasteiger partial charge in [-0.1, -0.05) is 6.92 Å². The van der Waals surface area contributed by atoms with Gasteiger partial charge >= 0.3 is 5.97 Å². The van der Waals surface area contributed by atoms with Gasteiger partial charge in [-0.05, 0) is 6.92 Å². The molecule has 0 aliphatic rings. The molecular formula is C7H13FO3. The first-order valence-corrected chi connectivity index (χ1v) is 3.46. The number of aliphatic hydroxyl groups is 1. The largest absolute Gasteiger partial charge is 0.463 e. The summed E-state index contributed by atoms with van der Waals surface area (Å²) in [6.45, 7) is 1.71. The van der Waals surface area contributed by atoms with Gasteiger partial charge < -0.3 is 9.84 Å². The number of alkyl halides is 1. The number of halogens is 1. The van der Waals surface area contributed by atoms with E-state index in [1.54, 1.807) is 6.92 Å². The maximum atomic E-state index is 11.9. The third-order valence-corrected chi connectivity index (χ3v) is 1.12. The van der Waals surface area contributed by atoms with Crippen molar-refractivity contribution >= 4 is 5.97 Å². The predicted molar refractivity (Wildman–Crippen MR) is 37.8 cm³/mol. The van der Waals surface area contributed by atoms with Crippen LogP contribution in [0.15, 0.2) is 0 Å². The monoisotopic (exact) mass is 164 g/mol. The Balaban J connectivity index is 3.61. The topological polar surface area (TPSA) is 46.5 Å². The smallest absolute Gasteiger partial charge is 0.305 e. The summed E-state index contributed by atoms with van der Waals surface area (Å²) in [5, 5.41) is 9.02. The van der Waals surface area contributed by atoms with Gasteiger partial charge in [-0.3, -0.25) is 4.79 Å². The molecule has 0 aromatic rings. The van der Waals surface area contributed by atoms with Crippen LogP contribution in [0.4, 0.5) is 4.39 Å². The lowest BCUT2D eigenvalue weighted by atomic mass is 10.1. The van der Waals surface area contributed by atoms with Crippen LogP contribution in [0.25, 0.3) is 0 Å². The third-order valence-electron chi connectivity index (χ3n) is 1.12. The van der Waals surface area contributed by atoms with Gasteiger partial charge in [0.25, 0.3) is 0 Å². The lowest BCUT2D eigenvalue weighted by molar-refractivity contribution is -0.151. The van der Waals surface area contributed by atoms with Crippen molar-refractivity contribution in [1.29, 1.82) is 0 Å². The number of hydrogen-bond acceptors (Lipinski definition) is 3. The van der Waals surface area contributed by atoms with Crippen molar-refractivity contribution in [2.45, 2.75) is 25.9 Å². The Kier molecular flexibility index (Phi) is 4.03. The third kappa shape index (κ3) is 4.72. The fourth-order valence-corrected chi connectivity index (χ4v) is 0.377. The normalized spacial score (nSPS) is 15.6. The summed E-state index contributed by atoms with van der Waals surface area (Å²) in [7, 11) is 0. The molecule has 0 radical (unpaired) electrons. The molecule has 3 nitrogen and oxygen atoms in total. The summed E-state index contributed by atoms with van der Waals surface area (Å²) >= 11 is 0. The van der Waals surface area contributed by atoms with Gasteiger partial charge in [0.1, 0.15) is 18.9 Å². The Labute approximate surface area is 65.2 Å². The maximum absolute atomic E-state index is 11.9. The summed E-state index contributed by atoms with van der Waals surface area (Å²) in [6, 6.07) is 0. The average molecular weight is 164 g/mol. The quantitative estimate of drug-likeness (QED) is 0.621. The van der Waals surface area contributed by atoms with Gasteiger partial charge in [-0.15, -0.1) is 0 Å². The van der Waals surface area contributed by atoms with Gasteiger partial charge in [0.05, 0.1) is 0 Å². The molecule has 0 aromatic carbocycles. The fourth-order valence-electron chi connectivity index (χ4n) is 0.377. The first kappa shape index (κ1) is 10.4. The zero-order valence-corrected chi connectivity index (χ0v) is 6.76. The molecule has 0 aliphatic carbocycles. The van der Waals surface area contributed by atoms with Crippen LogP contribution in [0.3, 0.4) is 0 Å². The molecule has 1 atom stereocenters. The van der Waals surface area contributed by atoms with E-state index in [0.29, 0.717) is 0 Å². The number of rotatable bonds is 4. The molecular weight excluding hydrogens is 151 g/mol. The number of esters is 1. The van der Waals surface area contributed by atoms with Crippen molar-refractivity contribution in [3.05, 3.63) is 0 Å². The molecule has 1 N–H and O–H groups in total. The Bertz CT molecular complexity index is 134. The Morgan fingerprint density at radius 3 is 2.64 bits per heavy atom. The van der Waals surface area contributed by atoms with Crippen LogP contribution in [0.2, 0.25) is 0 Å². The average Bonchev–Trinajstić information content (AvgIpc) is 2.00. The van der Waals surface area contributed by atoms with Crippen LogP contribution in [0, 0.1) is 0 Å². The molecule has 0 amide bonds. The molecule has 0 heterocycles. The van der Waals surface area contributed by atoms with E-state index in [2.05, 4.69) is 4.74 Å². The molecule has 0 saturated carbocycles. The number of hydrogen-bond donors (Lipinski definition) is 1. The van der Waals surface area contributed by atoms with Gasteiger partial charge in [0, 0.05) is 6.42 Å². The molecule has 0 aromatic heterocycles. The summed E-state index contributed by atoms with van der Waals surface area (Å²) in [6.07, 6.45) is 0.238. The van der Waals surface area contributed by atoms with E-state index in [4.69, 9.17) is 5.11 Å². The second-order valence-electron chi connectivity index (χ2n) is 2.64. The highest BCUT2D eigenvalue weighted by Crippen LogP contribution is 2.04. The van der Waals surface area contributed by atoms with Crippen LogP contribution in [0.1, 0.15) is 20.3 Å². The lowest BCUT2D eigenvalue weighted by Gasteiger charge is -2.18. The van der Waals surface area contributed by atoms with Crippen molar-refractivity contribution in [3.63, 3.8) is 0 Å². The van der Waals surface area contributed by atoms with Gasteiger partial charge in [0.15, 0.2) is 0 Å². The van der Waals surface area contributed by atoms with Crippen LogP contribution < -0.4 is 0 Å². The van der Waals surface area contributed by atoms with E-state index in [0.717, 1.165) is 0 Å². The molecule has 0 bridgehead atoms. The SMILES string of the molecule is CCC(=O)OCC(C)(O)CF. The van der Waals surface area contributed by atoms with Crippen molar-refractivity contribution in [2.75, 3.05) is 13.3 Å². The van der Waals surface area contributed by atoms with Crippen molar-refractivity contribution in [2.24, 2.45) is 0 Å². The van der Waals surface area contributed by atoms with E-state index >= 15 is 0 Å². The lowest BCUT2D eigenvalue weighted by Crippen LogP contribution is -2.34. The van der Waals surface area contributed by atoms with Crippen molar-refractivity contribution in [1.82, 2.24) is 0 Å². The molecule has 66 valence electrons. The van der Waals surface area contributed by atoms with Crippen molar-refractivity contribution < 1.29 is 19.0 Å². The van der Waals surface area contributed by atoms with E-state index in [-0.39, 0.29) is 13.0 Å². The molecule has 0 spiro atoms. The van der Waals surface area contributed by atoms with Crippen LogP contribution in [0.5, 0.6) is 0 Å². The zero-order chi connectivity index (χ0) is 8.91. The Morgan fingerprint density at radius 1 is 1.73 bits per heavy atom. The van der Waals surface area contributed by atoms with Crippen LogP contribution in [-0.2, 0) is 9.53 Å². The molecule has 11 heavy (non-hydrogen) atoms. The van der Waals surface area contributed by atoms with Crippen LogP contribution in [-0.4, -0.2) is 30.0 Å². The summed E-state index contributed by atoms with van der Waals surface area (Å²) < 4.78 is 16.4. The summed E-state index contributed by atoms with van der Waals surface area (Å²) in [4.78, 5) is 10.5. The minimum absolute atomic E-state index is 0.238. The second-order valence-corrected chi connectivity index (χ2v) is 2.64. The van der Waals surface area contributed by atoms with Gasteiger partial charge in [-0.2, -0.15) is 0 Å². The van der Waals surface area contributed by atoms with E-state index in [1.807, 2.05) is 0 Å². The standard InChI is InChI=1S/C7H13FO3/c1-3-6(9)11-5-7(2,10)4-8/h10H,3-5H2,1-2H3. The molecule has 0 fully saturated rings.